The van der Waals surface area contributed by atoms with E-state index in [1.165, 1.54) is 0 Å². The summed E-state index contributed by atoms with van der Waals surface area (Å²) in [6, 6.07) is 10.9. The molecule has 8 heteroatoms. The maximum absolute atomic E-state index is 11.5. The molecule has 0 fully saturated rings. The van der Waals surface area contributed by atoms with Gasteiger partial charge in [0.15, 0.2) is 18.1 Å². The first-order valence-corrected chi connectivity index (χ1v) is 9.54. The Kier molecular flexibility index (Phi) is 8.91. The number of carbonyl (C=O) groups excluding carboxylic acids is 1. The molecule has 0 aromatic heterocycles. The van der Waals surface area contributed by atoms with Crippen molar-refractivity contribution in [1.29, 1.82) is 0 Å². The average Bonchev–Trinajstić information content (AvgIpc) is 2.66. The van der Waals surface area contributed by atoms with Crippen molar-refractivity contribution < 1.29 is 19.0 Å². The Labute approximate surface area is 174 Å². The van der Waals surface area contributed by atoms with Crippen molar-refractivity contribution in [1.82, 2.24) is 5.43 Å². The largest absolute Gasteiger partial charge is 0.490 e. The number of rotatable bonds is 10. The topological polar surface area (TPSA) is 69.2 Å². The molecule has 0 aliphatic carbocycles. The molecule has 0 aliphatic heterocycles. The highest BCUT2D eigenvalue weighted by atomic mass is 35.5. The van der Waals surface area contributed by atoms with Crippen molar-refractivity contribution in [3.8, 4) is 11.5 Å². The number of nitrogens with zero attached hydrogens (tertiary/aromatic N) is 1. The number of hydrazone groups is 1. The van der Waals surface area contributed by atoms with E-state index >= 15 is 0 Å². The van der Waals surface area contributed by atoms with Crippen molar-refractivity contribution in [3.05, 3.63) is 57.6 Å². The van der Waals surface area contributed by atoms with E-state index in [1.807, 2.05) is 31.2 Å². The molecule has 0 spiro atoms. The van der Waals surface area contributed by atoms with Gasteiger partial charge in [-0.25, -0.2) is 4.79 Å². The summed E-state index contributed by atoms with van der Waals surface area (Å²) in [6.45, 7) is 4.58. The van der Waals surface area contributed by atoms with Crippen molar-refractivity contribution in [2.75, 3.05) is 19.8 Å². The molecule has 2 rings (SSSR count). The molecule has 0 atom stereocenters. The number of benzene rings is 2. The maximum Gasteiger partial charge on any atom is 0.344 e. The predicted octanol–water partition coefficient (Wildman–Crippen LogP) is 4.46. The Balaban J connectivity index is 2.03. The van der Waals surface area contributed by atoms with Crippen LogP contribution < -0.4 is 14.9 Å². The SMILES string of the molecule is CCOC(=O)COc1c(Cl)cc(/C=N\NCc2ccc(Cl)cc2)cc1OCC. The van der Waals surface area contributed by atoms with Gasteiger partial charge in [-0.3, -0.25) is 0 Å². The van der Waals surface area contributed by atoms with Gasteiger partial charge in [-0.2, -0.15) is 5.10 Å². The van der Waals surface area contributed by atoms with Crippen LogP contribution in [-0.2, 0) is 16.1 Å². The minimum absolute atomic E-state index is 0.246. The molecule has 0 bridgehead atoms. The number of nitrogens with one attached hydrogen (secondary N) is 1. The van der Waals surface area contributed by atoms with Crippen LogP contribution in [0, 0.1) is 0 Å². The third-order valence-corrected chi connectivity index (χ3v) is 4.01. The fraction of sp³-hybridized carbons (Fsp3) is 0.300. The zero-order chi connectivity index (χ0) is 20.4. The molecule has 28 heavy (non-hydrogen) atoms. The quantitative estimate of drug-likeness (QED) is 0.346. The second kappa shape index (κ2) is 11.4. The van der Waals surface area contributed by atoms with Crippen molar-refractivity contribution in [2.24, 2.45) is 5.10 Å². The summed E-state index contributed by atoms with van der Waals surface area (Å²) in [6.07, 6.45) is 1.62. The smallest absolute Gasteiger partial charge is 0.344 e. The number of hydrogen-bond acceptors (Lipinski definition) is 6. The van der Waals surface area contributed by atoms with Gasteiger partial charge in [0.05, 0.1) is 31.0 Å². The number of halogens is 2. The summed E-state index contributed by atoms with van der Waals surface area (Å²) in [4.78, 5) is 11.5. The third kappa shape index (κ3) is 6.94. The minimum atomic E-state index is -0.474. The molecule has 6 nitrogen and oxygen atoms in total. The molecule has 0 heterocycles. The summed E-state index contributed by atoms with van der Waals surface area (Å²) < 4.78 is 15.9. The molecule has 2 aromatic carbocycles. The van der Waals surface area contributed by atoms with Gasteiger partial charge in [0, 0.05) is 5.02 Å². The zero-order valence-electron chi connectivity index (χ0n) is 15.7. The van der Waals surface area contributed by atoms with Gasteiger partial charge in [0.1, 0.15) is 0 Å². The van der Waals surface area contributed by atoms with Crippen LogP contribution in [0.3, 0.4) is 0 Å². The molecule has 1 N–H and O–H groups in total. The third-order valence-electron chi connectivity index (χ3n) is 3.47. The minimum Gasteiger partial charge on any atom is -0.490 e. The Morgan fingerprint density at radius 1 is 1.11 bits per heavy atom. The average molecular weight is 425 g/mol. The van der Waals surface area contributed by atoms with Crippen molar-refractivity contribution >= 4 is 35.4 Å². The molecular weight excluding hydrogens is 403 g/mol. The number of carbonyl (C=O) groups is 1. The first-order chi connectivity index (χ1) is 13.5. The molecule has 0 radical (unpaired) electrons. The molecule has 0 amide bonds. The molecule has 0 unspecified atom stereocenters. The van der Waals surface area contributed by atoms with E-state index in [2.05, 4.69) is 10.5 Å². The van der Waals surface area contributed by atoms with Gasteiger partial charge < -0.3 is 19.6 Å². The summed E-state index contributed by atoms with van der Waals surface area (Å²) in [7, 11) is 0. The standard InChI is InChI=1S/C20H22Cl2N2O4/c1-3-26-18-10-15(9-17(22)20(18)28-13-19(25)27-4-2)12-24-23-11-14-5-7-16(21)8-6-14/h5-10,12,23H,3-4,11,13H2,1-2H3/b24-12-. The highest BCUT2D eigenvalue weighted by Gasteiger charge is 2.14. The van der Waals surface area contributed by atoms with E-state index in [-0.39, 0.29) is 13.2 Å². The summed E-state index contributed by atoms with van der Waals surface area (Å²) >= 11 is 12.2. The van der Waals surface area contributed by atoms with Gasteiger partial charge >= 0.3 is 5.97 Å². The Hall–Kier alpha value is -2.44. The normalized spacial score (nSPS) is 10.7. The van der Waals surface area contributed by atoms with E-state index in [0.29, 0.717) is 34.7 Å². The number of esters is 1. The first kappa shape index (κ1) is 21.9. The monoisotopic (exact) mass is 424 g/mol. The van der Waals surface area contributed by atoms with E-state index in [4.69, 9.17) is 37.4 Å². The lowest BCUT2D eigenvalue weighted by atomic mass is 10.2. The summed E-state index contributed by atoms with van der Waals surface area (Å²) in [5.41, 5.74) is 4.74. The Morgan fingerprint density at radius 3 is 2.54 bits per heavy atom. The van der Waals surface area contributed by atoms with E-state index < -0.39 is 5.97 Å². The van der Waals surface area contributed by atoms with Crippen LogP contribution in [0.2, 0.25) is 10.0 Å². The first-order valence-electron chi connectivity index (χ1n) is 8.78. The van der Waals surface area contributed by atoms with Crippen LogP contribution in [0.5, 0.6) is 11.5 Å². The molecule has 150 valence electrons. The van der Waals surface area contributed by atoms with Gasteiger partial charge in [0.2, 0.25) is 0 Å². The van der Waals surface area contributed by atoms with Crippen LogP contribution in [0.15, 0.2) is 41.5 Å². The fourth-order valence-electron chi connectivity index (χ4n) is 2.26. The lowest BCUT2D eigenvalue weighted by Gasteiger charge is -2.14. The molecule has 0 saturated heterocycles. The molecule has 0 saturated carbocycles. The van der Waals surface area contributed by atoms with Crippen molar-refractivity contribution in [3.63, 3.8) is 0 Å². The van der Waals surface area contributed by atoms with Crippen LogP contribution in [-0.4, -0.2) is 32.0 Å². The second-order valence-electron chi connectivity index (χ2n) is 5.58. The van der Waals surface area contributed by atoms with Crippen LogP contribution in [0.1, 0.15) is 25.0 Å². The van der Waals surface area contributed by atoms with Crippen LogP contribution in [0.4, 0.5) is 0 Å². The number of ether oxygens (including phenoxy) is 3. The van der Waals surface area contributed by atoms with Crippen LogP contribution in [0.25, 0.3) is 0 Å². The van der Waals surface area contributed by atoms with Gasteiger partial charge in [0.25, 0.3) is 0 Å². The summed E-state index contributed by atoms with van der Waals surface area (Å²) in [5.74, 6) is 0.249. The van der Waals surface area contributed by atoms with Gasteiger partial charge in [-0.05, 0) is 49.2 Å². The zero-order valence-corrected chi connectivity index (χ0v) is 17.2. The van der Waals surface area contributed by atoms with Gasteiger partial charge in [-0.15, -0.1) is 0 Å². The molecular formula is C20H22Cl2N2O4. The Morgan fingerprint density at radius 2 is 1.86 bits per heavy atom. The maximum atomic E-state index is 11.5. The predicted molar refractivity (Wildman–Crippen MR) is 111 cm³/mol. The van der Waals surface area contributed by atoms with E-state index in [0.717, 1.165) is 11.1 Å². The fourth-order valence-corrected chi connectivity index (χ4v) is 2.66. The van der Waals surface area contributed by atoms with Gasteiger partial charge in [-0.1, -0.05) is 35.3 Å². The van der Waals surface area contributed by atoms with E-state index in [9.17, 15) is 4.79 Å². The highest BCUT2D eigenvalue weighted by Crippen LogP contribution is 2.36. The lowest BCUT2D eigenvalue weighted by molar-refractivity contribution is -0.145. The lowest BCUT2D eigenvalue weighted by Crippen LogP contribution is -2.15. The number of hydrogen-bond donors (Lipinski definition) is 1. The molecule has 0 aliphatic rings. The Bertz CT molecular complexity index is 811. The van der Waals surface area contributed by atoms with Crippen LogP contribution >= 0.6 is 23.2 Å². The highest BCUT2D eigenvalue weighted by molar-refractivity contribution is 6.32. The molecule has 2 aromatic rings. The summed E-state index contributed by atoms with van der Waals surface area (Å²) in [5, 5.41) is 5.20. The van der Waals surface area contributed by atoms with E-state index in [1.54, 1.807) is 25.3 Å². The van der Waals surface area contributed by atoms with Crippen molar-refractivity contribution in [2.45, 2.75) is 20.4 Å². The second-order valence-corrected chi connectivity index (χ2v) is 6.42.